The molecule has 0 fully saturated rings. The Hall–Kier alpha value is -2.98. The van der Waals surface area contributed by atoms with Crippen molar-refractivity contribution in [2.45, 2.75) is 10.9 Å². The van der Waals surface area contributed by atoms with Gasteiger partial charge < -0.3 is 24.8 Å². The van der Waals surface area contributed by atoms with Crippen LogP contribution >= 0.6 is 23.1 Å². The number of carbonyl (C=O) groups is 1. The smallest absolute Gasteiger partial charge is 0.231 e. The number of amides is 1. The molecule has 10 heteroatoms. The lowest BCUT2D eigenvalue weighted by atomic mass is 10.2. The van der Waals surface area contributed by atoms with E-state index in [1.165, 1.54) is 23.1 Å². The zero-order valence-corrected chi connectivity index (χ0v) is 17.1. The molecular formula is C19H18N4O4S2. The minimum atomic E-state index is -0.0814. The van der Waals surface area contributed by atoms with Crippen molar-refractivity contribution in [3.8, 4) is 17.2 Å². The van der Waals surface area contributed by atoms with Gasteiger partial charge in [0.2, 0.25) is 17.8 Å². The third kappa shape index (κ3) is 4.90. The first-order chi connectivity index (χ1) is 14.2. The highest BCUT2D eigenvalue weighted by atomic mass is 32.2. The van der Waals surface area contributed by atoms with Crippen LogP contribution in [0.3, 0.4) is 0 Å². The van der Waals surface area contributed by atoms with Crippen molar-refractivity contribution in [2.75, 3.05) is 25.0 Å². The van der Waals surface area contributed by atoms with Gasteiger partial charge in [0.1, 0.15) is 5.75 Å². The van der Waals surface area contributed by atoms with Crippen LogP contribution in [-0.4, -0.2) is 35.8 Å². The molecule has 1 aliphatic rings. The zero-order chi connectivity index (χ0) is 20.1. The van der Waals surface area contributed by atoms with Gasteiger partial charge in [0.05, 0.1) is 18.6 Å². The van der Waals surface area contributed by atoms with Crippen molar-refractivity contribution in [1.82, 2.24) is 15.5 Å². The number of fused-ring (bicyclic) bond motifs is 1. The first kappa shape index (κ1) is 19.3. The van der Waals surface area contributed by atoms with Crippen LogP contribution in [0.15, 0.2) is 46.8 Å². The summed E-state index contributed by atoms with van der Waals surface area (Å²) in [6.45, 7) is 0.657. The second kappa shape index (κ2) is 9.01. The average molecular weight is 431 g/mol. The summed E-state index contributed by atoms with van der Waals surface area (Å²) in [6.07, 6.45) is 0. The lowest BCUT2D eigenvalue weighted by Gasteiger charge is -2.07. The van der Waals surface area contributed by atoms with Gasteiger partial charge in [-0.15, -0.1) is 10.2 Å². The van der Waals surface area contributed by atoms with E-state index in [1.54, 1.807) is 7.11 Å². The number of aromatic nitrogens is 2. The fourth-order valence-corrected chi connectivity index (χ4v) is 4.21. The number of hydrogen-bond acceptors (Lipinski definition) is 9. The Morgan fingerprint density at radius 1 is 1.21 bits per heavy atom. The number of benzene rings is 2. The number of thioether (sulfide) groups is 1. The van der Waals surface area contributed by atoms with E-state index in [4.69, 9.17) is 14.2 Å². The van der Waals surface area contributed by atoms with Crippen LogP contribution in [0.2, 0.25) is 0 Å². The van der Waals surface area contributed by atoms with E-state index in [1.807, 2.05) is 42.5 Å². The highest BCUT2D eigenvalue weighted by molar-refractivity contribution is 8.01. The molecule has 0 saturated heterocycles. The second-order valence-corrected chi connectivity index (χ2v) is 8.15. The Bertz CT molecular complexity index is 1010. The number of para-hydroxylation sites is 2. The lowest BCUT2D eigenvalue weighted by molar-refractivity contribution is -0.118. The molecule has 0 atom stereocenters. The Labute approximate surface area is 175 Å². The third-order valence-electron chi connectivity index (χ3n) is 4.01. The zero-order valence-electron chi connectivity index (χ0n) is 15.5. The first-order valence-corrected chi connectivity index (χ1v) is 10.5. The number of hydrogen-bond donors (Lipinski definition) is 2. The van der Waals surface area contributed by atoms with Crippen molar-refractivity contribution < 1.29 is 19.0 Å². The average Bonchev–Trinajstić information content (AvgIpc) is 3.40. The summed E-state index contributed by atoms with van der Waals surface area (Å²) < 4.78 is 16.6. The van der Waals surface area contributed by atoms with E-state index in [2.05, 4.69) is 20.8 Å². The Morgan fingerprint density at radius 2 is 2.07 bits per heavy atom. The molecule has 2 aromatic carbocycles. The minimum absolute atomic E-state index is 0.0814. The molecule has 8 nitrogen and oxygen atoms in total. The van der Waals surface area contributed by atoms with Crippen molar-refractivity contribution in [3.63, 3.8) is 0 Å². The maximum absolute atomic E-state index is 12.1. The van der Waals surface area contributed by atoms with Gasteiger partial charge in [-0.1, -0.05) is 41.3 Å². The molecule has 1 aliphatic heterocycles. The summed E-state index contributed by atoms with van der Waals surface area (Å²) in [6, 6.07) is 13.2. The third-order valence-corrected chi connectivity index (χ3v) is 5.98. The van der Waals surface area contributed by atoms with E-state index in [-0.39, 0.29) is 18.5 Å². The minimum Gasteiger partial charge on any atom is -0.495 e. The summed E-state index contributed by atoms with van der Waals surface area (Å²) in [4.78, 5) is 12.1. The highest BCUT2D eigenvalue weighted by Crippen LogP contribution is 2.33. The van der Waals surface area contributed by atoms with E-state index < -0.39 is 0 Å². The molecule has 0 radical (unpaired) electrons. The molecule has 4 rings (SSSR count). The molecule has 1 aromatic heterocycles. The molecule has 0 unspecified atom stereocenters. The summed E-state index contributed by atoms with van der Waals surface area (Å²) in [7, 11) is 1.62. The number of carbonyl (C=O) groups excluding carboxylic acids is 1. The molecule has 150 valence electrons. The molecule has 29 heavy (non-hydrogen) atoms. The maximum Gasteiger partial charge on any atom is 0.231 e. The van der Waals surface area contributed by atoms with Gasteiger partial charge in [0, 0.05) is 6.54 Å². The normalized spacial score (nSPS) is 11.9. The number of nitrogens with zero attached hydrogens (tertiary/aromatic N) is 2. The summed E-state index contributed by atoms with van der Waals surface area (Å²) in [5.41, 5.74) is 1.76. The fraction of sp³-hybridized carbons (Fsp3) is 0.211. The molecule has 0 aliphatic carbocycles. The van der Waals surface area contributed by atoms with Gasteiger partial charge in [-0.05, 0) is 29.8 Å². The van der Waals surface area contributed by atoms with Crippen LogP contribution in [-0.2, 0) is 11.3 Å². The number of nitrogens with one attached hydrogen (secondary N) is 2. The maximum atomic E-state index is 12.1. The predicted molar refractivity (Wildman–Crippen MR) is 111 cm³/mol. The summed E-state index contributed by atoms with van der Waals surface area (Å²) in [5.74, 6) is 2.33. The number of ether oxygens (including phenoxy) is 3. The van der Waals surface area contributed by atoms with Crippen molar-refractivity contribution in [2.24, 2.45) is 0 Å². The molecule has 1 amide bonds. The van der Waals surface area contributed by atoms with Crippen LogP contribution in [0, 0.1) is 0 Å². The molecular weight excluding hydrogens is 412 g/mol. The SMILES string of the molecule is COc1ccccc1Nc1nnc(SCC(=O)NCc2ccc3c(c2)OCO3)s1. The number of anilines is 2. The van der Waals surface area contributed by atoms with Gasteiger partial charge >= 0.3 is 0 Å². The number of methoxy groups -OCH3 is 1. The summed E-state index contributed by atoms with van der Waals surface area (Å²) in [5, 5.41) is 14.9. The molecule has 2 N–H and O–H groups in total. The van der Waals surface area contributed by atoms with E-state index in [0.717, 1.165) is 22.7 Å². The monoisotopic (exact) mass is 430 g/mol. The molecule has 2 heterocycles. The van der Waals surface area contributed by atoms with Crippen LogP contribution in [0.25, 0.3) is 0 Å². The molecule has 3 aromatic rings. The summed E-state index contributed by atoms with van der Waals surface area (Å²) >= 11 is 2.72. The Kier molecular flexibility index (Phi) is 6.01. The fourth-order valence-electron chi connectivity index (χ4n) is 2.61. The molecule has 0 spiro atoms. The van der Waals surface area contributed by atoms with E-state index in [9.17, 15) is 4.79 Å². The first-order valence-electron chi connectivity index (χ1n) is 8.73. The van der Waals surface area contributed by atoms with Crippen LogP contribution in [0.4, 0.5) is 10.8 Å². The topological polar surface area (TPSA) is 94.6 Å². The van der Waals surface area contributed by atoms with Crippen LogP contribution < -0.4 is 24.8 Å². The second-order valence-electron chi connectivity index (χ2n) is 5.95. The van der Waals surface area contributed by atoms with Crippen molar-refractivity contribution in [1.29, 1.82) is 0 Å². The van der Waals surface area contributed by atoms with Gasteiger partial charge in [0.15, 0.2) is 15.8 Å². The van der Waals surface area contributed by atoms with Gasteiger partial charge in [-0.3, -0.25) is 4.79 Å². The van der Waals surface area contributed by atoms with Crippen LogP contribution in [0.1, 0.15) is 5.56 Å². The standard InChI is InChI=1S/C19H18N4O4S2/c1-25-14-5-3-2-4-13(14)21-18-22-23-19(29-18)28-10-17(24)20-9-12-6-7-15-16(8-12)27-11-26-15/h2-8H,9-11H2,1H3,(H,20,24)(H,21,22). The Morgan fingerprint density at radius 3 is 2.97 bits per heavy atom. The Balaban J connectivity index is 1.25. The van der Waals surface area contributed by atoms with Crippen molar-refractivity contribution in [3.05, 3.63) is 48.0 Å². The molecule has 0 saturated carbocycles. The number of rotatable bonds is 8. The van der Waals surface area contributed by atoms with Gasteiger partial charge in [-0.2, -0.15) is 0 Å². The quantitative estimate of drug-likeness (QED) is 0.525. The van der Waals surface area contributed by atoms with Crippen molar-refractivity contribution >= 4 is 39.8 Å². The lowest BCUT2D eigenvalue weighted by Crippen LogP contribution is -2.24. The predicted octanol–water partition coefficient (Wildman–Crippen LogP) is 3.43. The largest absolute Gasteiger partial charge is 0.495 e. The van der Waals surface area contributed by atoms with E-state index in [0.29, 0.717) is 21.8 Å². The van der Waals surface area contributed by atoms with E-state index >= 15 is 0 Å². The van der Waals surface area contributed by atoms with Crippen LogP contribution in [0.5, 0.6) is 17.2 Å². The van der Waals surface area contributed by atoms with Gasteiger partial charge in [-0.25, -0.2) is 0 Å². The highest BCUT2D eigenvalue weighted by Gasteiger charge is 2.14. The molecule has 0 bridgehead atoms. The van der Waals surface area contributed by atoms with Gasteiger partial charge in [0.25, 0.3) is 0 Å².